The summed E-state index contributed by atoms with van der Waals surface area (Å²) in [5, 5.41) is 23.4. The van der Waals surface area contributed by atoms with Crippen molar-refractivity contribution < 1.29 is 24.5 Å². The first-order chi connectivity index (χ1) is 39.5. The molecule has 1 amide bonds. The minimum Gasteiger partial charge on any atom is -0.466 e. The van der Waals surface area contributed by atoms with Gasteiger partial charge in [0.25, 0.3) is 0 Å². The van der Waals surface area contributed by atoms with Crippen LogP contribution in [-0.2, 0) is 14.3 Å². The maximum atomic E-state index is 12.6. The molecule has 0 heterocycles. The van der Waals surface area contributed by atoms with Crippen LogP contribution in [0.15, 0.2) is 36.5 Å². The molecular formula is C74H141NO5. The van der Waals surface area contributed by atoms with Gasteiger partial charge in [-0.1, -0.05) is 339 Å². The summed E-state index contributed by atoms with van der Waals surface area (Å²) < 4.78 is 5.48. The predicted molar refractivity (Wildman–Crippen MR) is 352 cm³/mol. The van der Waals surface area contributed by atoms with E-state index in [1.165, 1.54) is 315 Å². The van der Waals surface area contributed by atoms with Crippen LogP contribution in [0.5, 0.6) is 0 Å². The van der Waals surface area contributed by atoms with E-state index >= 15 is 0 Å². The number of rotatable bonds is 68. The van der Waals surface area contributed by atoms with Crippen molar-refractivity contribution in [3.8, 4) is 0 Å². The Morgan fingerprint density at radius 2 is 0.625 bits per heavy atom. The second-order valence-electron chi connectivity index (χ2n) is 24.9. The number of amides is 1. The van der Waals surface area contributed by atoms with Crippen molar-refractivity contribution >= 4 is 11.9 Å². The lowest BCUT2D eigenvalue weighted by Gasteiger charge is -2.22. The molecule has 2 unspecified atom stereocenters. The zero-order chi connectivity index (χ0) is 57.8. The van der Waals surface area contributed by atoms with Crippen LogP contribution in [0.1, 0.15) is 399 Å². The molecule has 6 heteroatoms. The zero-order valence-corrected chi connectivity index (χ0v) is 54.1. The number of allylic oxidation sites excluding steroid dienone is 6. The molecule has 0 spiro atoms. The Hall–Kier alpha value is -1.92. The van der Waals surface area contributed by atoms with E-state index in [1.54, 1.807) is 0 Å². The van der Waals surface area contributed by atoms with Gasteiger partial charge in [-0.3, -0.25) is 9.59 Å². The quantitative estimate of drug-likeness (QED) is 0.0320. The molecule has 2 atom stereocenters. The molecule has 472 valence electrons. The van der Waals surface area contributed by atoms with Gasteiger partial charge in [0, 0.05) is 12.8 Å². The molecule has 0 aliphatic rings. The third-order valence-electron chi connectivity index (χ3n) is 16.9. The highest BCUT2D eigenvalue weighted by molar-refractivity contribution is 5.76. The zero-order valence-electron chi connectivity index (χ0n) is 54.1. The Labute approximate surface area is 500 Å². The molecule has 80 heavy (non-hydrogen) atoms. The highest BCUT2D eigenvalue weighted by Crippen LogP contribution is 2.19. The van der Waals surface area contributed by atoms with E-state index < -0.39 is 12.1 Å². The average molecular weight is 1120 g/mol. The minimum atomic E-state index is -0.668. The van der Waals surface area contributed by atoms with Gasteiger partial charge in [0.15, 0.2) is 0 Å². The summed E-state index contributed by atoms with van der Waals surface area (Å²) in [6.07, 6.45) is 89.1. The van der Waals surface area contributed by atoms with Crippen LogP contribution < -0.4 is 5.32 Å². The van der Waals surface area contributed by atoms with Crippen molar-refractivity contribution in [3.63, 3.8) is 0 Å². The number of nitrogens with one attached hydrogen (secondary N) is 1. The Morgan fingerprint density at radius 1 is 0.350 bits per heavy atom. The molecular weight excluding hydrogens is 983 g/mol. The number of ether oxygens (including phenoxy) is 1. The van der Waals surface area contributed by atoms with Crippen molar-refractivity contribution in [3.05, 3.63) is 36.5 Å². The van der Waals surface area contributed by atoms with Crippen molar-refractivity contribution in [1.82, 2.24) is 5.32 Å². The molecule has 0 aromatic carbocycles. The summed E-state index contributed by atoms with van der Waals surface area (Å²) in [5.74, 6) is -0.0338. The summed E-state index contributed by atoms with van der Waals surface area (Å²) in [5.41, 5.74) is 0. The molecule has 0 aromatic heterocycles. The monoisotopic (exact) mass is 1120 g/mol. The summed E-state index contributed by atoms with van der Waals surface area (Å²) in [4.78, 5) is 24.6. The van der Waals surface area contributed by atoms with E-state index in [4.69, 9.17) is 4.74 Å². The van der Waals surface area contributed by atoms with Gasteiger partial charge < -0.3 is 20.3 Å². The standard InChI is InChI=1S/C74H141NO5/c1-3-5-7-9-11-13-15-17-19-20-21-22-26-29-32-35-39-42-46-50-54-58-62-66-72(77)71(70-76)75-73(78)67-63-59-55-51-47-43-40-36-33-30-27-24-23-25-28-31-34-37-41-45-49-53-57-61-65-69-80-74(79)68-64-60-56-52-48-44-38-18-16-14-12-10-8-6-4-2/h12,14,18,24,27,38,71-72,76-77H,3-11,13,15-17,19-23,25-26,28-37,39-70H2,1-2H3,(H,75,78)/b14-12-,27-24-,38-18-. The lowest BCUT2D eigenvalue weighted by molar-refractivity contribution is -0.143. The number of carbonyl (C=O) groups is 2. The number of hydrogen-bond acceptors (Lipinski definition) is 5. The fraction of sp³-hybridized carbons (Fsp3) is 0.892. The molecule has 3 N–H and O–H groups in total. The molecule has 0 bridgehead atoms. The fourth-order valence-corrected chi connectivity index (χ4v) is 11.4. The van der Waals surface area contributed by atoms with Crippen LogP contribution in [0.2, 0.25) is 0 Å². The first-order valence-corrected chi connectivity index (χ1v) is 36.2. The Balaban J connectivity index is 3.40. The third-order valence-corrected chi connectivity index (χ3v) is 16.9. The molecule has 6 nitrogen and oxygen atoms in total. The van der Waals surface area contributed by atoms with E-state index in [2.05, 4.69) is 55.6 Å². The van der Waals surface area contributed by atoms with Gasteiger partial charge in [0.05, 0.1) is 25.4 Å². The van der Waals surface area contributed by atoms with Gasteiger partial charge in [-0.05, 0) is 83.5 Å². The van der Waals surface area contributed by atoms with Crippen molar-refractivity contribution in [1.29, 1.82) is 0 Å². The van der Waals surface area contributed by atoms with E-state index in [0.29, 0.717) is 25.9 Å². The highest BCUT2D eigenvalue weighted by Gasteiger charge is 2.20. The van der Waals surface area contributed by atoms with Crippen LogP contribution in [0.3, 0.4) is 0 Å². The first kappa shape index (κ1) is 78.1. The van der Waals surface area contributed by atoms with Crippen LogP contribution >= 0.6 is 0 Å². The second kappa shape index (κ2) is 69.6. The predicted octanol–water partition coefficient (Wildman–Crippen LogP) is 23.5. The fourth-order valence-electron chi connectivity index (χ4n) is 11.4. The third kappa shape index (κ3) is 65.2. The Kier molecular flexibility index (Phi) is 67.9. The molecule has 0 aliphatic heterocycles. The molecule has 0 saturated heterocycles. The van der Waals surface area contributed by atoms with Crippen LogP contribution in [0.25, 0.3) is 0 Å². The second-order valence-corrected chi connectivity index (χ2v) is 24.9. The molecule has 0 rings (SSSR count). The van der Waals surface area contributed by atoms with Gasteiger partial charge in [0.2, 0.25) is 5.91 Å². The smallest absolute Gasteiger partial charge is 0.305 e. The molecule has 0 fully saturated rings. The van der Waals surface area contributed by atoms with Crippen molar-refractivity contribution in [2.24, 2.45) is 0 Å². The Bertz CT molecular complexity index is 1300. The summed E-state index contributed by atoms with van der Waals surface area (Å²) in [7, 11) is 0. The maximum absolute atomic E-state index is 12.6. The lowest BCUT2D eigenvalue weighted by atomic mass is 10.0. The SMILES string of the molecule is CCCCC/C=C\C/C=C\CCCCCCCC(=O)OCCCCCCCCCCCCCC/C=C\CCCCCCCCCCCC(=O)NC(CO)C(O)CCCCCCCCCCCCCCCCCCCCCCCCC. The molecule has 0 saturated carbocycles. The summed E-state index contributed by atoms with van der Waals surface area (Å²) in [6, 6.07) is -0.546. The number of hydrogen-bond donors (Lipinski definition) is 3. The summed E-state index contributed by atoms with van der Waals surface area (Å²) in [6.45, 7) is 4.95. The maximum Gasteiger partial charge on any atom is 0.305 e. The lowest BCUT2D eigenvalue weighted by Crippen LogP contribution is -2.45. The topological polar surface area (TPSA) is 95.9 Å². The number of esters is 1. The van der Waals surface area contributed by atoms with Crippen LogP contribution in [0, 0.1) is 0 Å². The molecule has 0 aliphatic carbocycles. The van der Waals surface area contributed by atoms with E-state index in [9.17, 15) is 19.8 Å². The van der Waals surface area contributed by atoms with Gasteiger partial charge in [-0.2, -0.15) is 0 Å². The van der Waals surface area contributed by atoms with Gasteiger partial charge in [-0.25, -0.2) is 0 Å². The van der Waals surface area contributed by atoms with Gasteiger partial charge in [-0.15, -0.1) is 0 Å². The van der Waals surface area contributed by atoms with Crippen molar-refractivity contribution in [2.75, 3.05) is 13.2 Å². The number of carbonyl (C=O) groups excluding carboxylic acids is 2. The van der Waals surface area contributed by atoms with Crippen LogP contribution in [-0.4, -0.2) is 47.4 Å². The largest absolute Gasteiger partial charge is 0.466 e. The average Bonchev–Trinajstić information content (AvgIpc) is 3.46. The van der Waals surface area contributed by atoms with E-state index in [-0.39, 0.29) is 18.5 Å². The summed E-state index contributed by atoms with van der Waals surface area (Å²) >= 11 is 0. The normalized spacial score (nSPS) is 12.7. The first-order valence-electron chi connectivity index (χ1n) is 36.2. The van der Waals surface area contributed by atoms with E-state index in [0.717, 1.165) is 51.4 Å². The molecule has 0 radical (unpaired) electrons. The highest BCUT2D eigenvalue weighted by atomic mass is 16.5. The number of aliphatic hydroxyl groups excluding tert-OH is 2. The van der Waals surface area contributed by atoms with Crippen molar-refractivity contribution in [2.45, 2.75) is 411 Å². The molecule has 0 aromatic rings. The minimum absolute atomic E-state index is 0.0000830. The van der Waals surface area contributed by atoms with Gasteiger partial charge in [0.1, 0.15) is 0 Å². The van der Waals surface area contributed by atoms with Gasteiger partial charge >= 0.3 is 5.97 Å². The van der Waals surface area contributed by atoms with Crippen LogP contribution in [0.4, 0.5) is 0 Å². The Morgan fingerprint density at radius 3 is 0.988 bits per heavy atom. The number of unbranched alkanes of at least 4 members (excludes halogenated alkanes) is 51. The number of aliphatic hydroxyl groups is 2. The van der Waals surface area contributed by atoms with E-state index in [1.807, 2.05) is 0 Å².